The van der Waals surface area contributed by atoms with Crippen molar-refractivity contribution in [2.75, 3.05) is 18.6 Å². The van der Waals surface area contributed by atoms with Crippen molar-refractivity contribution in [3.8, 4) is 0 Å². The van der Waals surface area contributed by atoms with E-state index in [1.807, 2.05) is 30.5 Å². The van der Waals surface area contributed by atoms with E-state index in [1.54, 1.807) is 11.8 Å². The first-order chi connectivity index (χ1) is 10.1. The number of carbonyl (C=O) groups is 2. The number of amides is 1. The van der Waals surface area contributed by atoms with Crippen LogP contribution in [0.4, 0.5) is 0 Å². The predicted octanol–water partition coefficient (Wildman–Crippen LogP) is 1.20. The summed E-state index contributed by atoms with van der Waals surface area (Å²) in [6, 6.07) is 6.49. The molecule has 1 aromatic carbocycles. The molecule has 2 unspecified atom stereocenters. The number of aliphatic carboxylic acids is 1. The molecule has 1 aromatic rings. The lowest BCUT2D eigenvalue weighted by Gasteiger charge is -2.27. The first-order valence-electron chi connectivity index (χ1n) is 6.96. The van der Waals surface area contributed by atoms with Crippen molar-refractivity contribution in [2.24, 2.45) is 0 Å². The SMILES string of the molecule is CSCCC(NC(=O)C1NCCc2ccccc21)C(=O)O. The van der Waals surface area contributed by atoms with E-state index in [4.69, 9.17) is 0 Å². The van der Waals surface area contributed by atoms with Gasteiger partial charge in [-0.3, -0.25) is 4.79 Å². The summed E-state index contributed by atoms with van der Waals surface area (Å²) in [7, 11) is 0. The minimum atomic E-state index is -0.985. The third-order valence-corrected chi connectivity index (χ3v) is 4.24. The van der Waals surface area contributed by atoms with Gasteiger partial charge in [0.15, 0.2) is 0 Å². The molecule has 21 heavy (non-hydrogen) atoms. The van der Waals surface area contributed by atoms with E-state index in [-0.39, 0.29) is 5.91 Å². The number of carboxylic acids is 1. The van der Waals surface area contributed by atoms with Crippen molar-refractivity contribution >= 4 is 23.6 Å². The van der Waals surface area contributed by atoms with Gasteiger partial charge in [0.2, 0.25) is 5.91 Å². The number of hydrogen-bond acceptors (Lipinski definition) is 4. The molecule has 0 aromatic heterocycles. The molecule has 0 spiro atoms. The highest BCUT2D eigenvalue weighted by atomic mass is 32.2. The second kappa shape index (κ2) is 7.47. The third-order valence-electron chi connectivity index (χ3n) is 3.60. The Morgan fingerprint density at radius 1 is 1.48 bits per heavy atom. The zero-order valence-corrected chi connectivity index (χ0v) is 12.8. The predicted molar refractivity (Wildman–Crippen MR) is 83.5 cm³/mol. The minimum absolute atomic E-state index is 0.268. The maximum Gasteiger partial charge on any atom is 0.326 e. The van der Waals surface area contributed by atoms with Crippen molar-refractivity contribution in [1.82, 2.24) is 10.6 Å². The van der Waals surface area contributed by atoms with E-state index in [0.29, 0.717) is 12.2 Å². The fourth-order valence-electron chi connectivity index (χ4n) is 2.49. The van der Waals surface area contributed by atoms with Crippen molar-refractivity contribution in [3.05, 3.63) is 35.4 Å². The average Bonchev–Trinajstić information content (AvgIpc) is 2.50. The molecule has 6 heteroatoms. The number of fused-ring (bicyclic) bond motifs is 1. The molecular formula is C15H20N2O3S. The number of rotatable bonds is 6. The molecule has 0 radical (unpaired) electrons. The van der Waals surface area contributed by atoms with E-state index >= 15 is 0 Å². The number of carboxylic acid groups (broad SMARTS) is 1. The molecule has 1 amide bonds. The summed E-state index contributed by atoms with van der Waals surface area (Å²) in [6.45, 7) is 0.720. The summed E-state index contributed by atoms with van der Waals surface area (Å²) in [6.07, 6.45) is 3.23. The minimum Gasteiger partial charge on any atom is -0.480 e. The first-order valence-corrected chi connectivity index (χ1v) is 8.36. The van der Waals surface area contributed by atoms with Gasteiger partial charge in [0.05, 0.1) is 0 Å². The molecule has 0 saturated heterocycles. The van der Waals surface area contributed by atoms with E-state index in [2.05, 4.69) is 10.6 Å². The molecule has 5 nitrogen and oxygen atoms in total. The standard InChI is InChI=1S/C15H20N2O3S/c1-21-9-7-12(15(19)20)17-14(18)13-11-5-3-2-4-10(11)6-8-16-13/h2-5,12-13,16H,6-9H2,1H3,(H,17,18)(H,19,20). The van der Waals surface area contributed by atoms with Gasteiger partial charge in [-0.15, -0.1) is 0 Å². The molecule has 1 aliphatic rings. The van der Waals surface area contributed by atoms with Crippen molar-refractivity contribution in [2.45, 2.75) is 24.9 Å². The molecule has 1 aliphatic heterocycles. The van der Waals surface area contributed by atoms with E-state index in [1.165, 1.54) is 0 Å². The van der Waals surface area contributed by atoms with Crippen molar-refractivity contribution in [3.63, 3.8) is 0 Å². The molecule has 2 atom stereocenters. The Kier molecular flexibility index (Phi) is 5.64. The highest BCUT2D eigenvalue weighted by Gasteiger charge is 2.29. The zero-order valence-electron chi connectivity index (χ0n) is 12.0. The van der Waals surface area contributed by atoms with Gasteiger partial charge in [-0.05, 0) is 36.0 Å². The van der Waals surface area contributed by atoms with Crippen LogP contribution in [0.2, 0.25) is 0 Å². The van der Waals surface area contributed by atoms with Crippen LogP contribution in [-0.4, -0.2) is 41.6 Å². The molecule has 3 N–H and O–H groups in total. The van der Waals surface area contributed by atoms with Crippen LogP contribution in [0.1, 0.15) is 23.6 Å². The smallest absolute Gasteiger partial charge is 0.326 e. The van der Waals surface area contributed by atoms with Crippen LogP contribution in [0.15, 0.2) is 24.3 Å². The molecule has 2 rings (SSSR count). The lowest BCUT2D eigenvalue weighted by molar-refractivity contribution is -0.142. The summed E-state index contributed by atoms with van der Waals surface area (Å²) in [5.74, 6) is -0.552. The second-order valence-electron chi connectivity index (χ2n) is 5.02. The van der Waals surface area contributed by atoms with Gasteiger partial charge in [-0.2, -0.15) is 11.8 Å². The summed E-state index contributed by atoms with van der Waals surface area (Å²) >= 11 is 1.57. The Hall–Kier alpha value is -1.53. The van der Waals surface area contributed by atoms with Crippen LogP contribution in [0, 0.1) is 0 Å². The van der Waals surface area contributed by atoms with Gasteiger partial charge in [0, 0.05) is 6.54 Å². The molecule has 1 heterocycles. The molecule has 114 valence electrons. The largest absolute Gasteiger partial charge is 0.480 e. The summed E-state index contributed by atoms with van der Waals surface area (Å²) in [5, 5.41) is 15.0. The van der Waals surface area contributed by atoms with Gasteiger partial charge >= 0.3 is 5.97 Å². The van der Waals surface area contributed by atoms with Crippen LogP contribution in [0.5, 0.6) is 0 Å². The average molecular weight is 308 g/mol. The van der Waals surface area contributed by atoms with Gasteiger partial charge in [-0.1, -0.05) is 24.3 Å². The Labute approximate surface area is 128 Å². The number of hydrogen-bond donors (Lipinski definition) is 3. The lowest BCUT2D eigenvalue weighted by atomic mass is 9.93. The fourth-order valence-corrected chi connectivity index (χ4v) is 2.96. The number of benzene rings is 1. The van der Waals surface area contributed by atoms with Crippen LogP contribution in [0.3, 0.4) is 0 Å². The highest BCUT2D eigenvalue weighted by Crippen LogP contribution is 2.22. The maximum absolute atomic E-state index is 12.4. The summed E-state index contributed by atoms with van der Waals surface area (Å²) < 4.78 is 0. The number of thioether (sulfide) groups is 1. The van der Waals surface area contributed by atoms with E-state index in [9.17, 15) is 14.7 Å². The fraction of sp³-hybridized carbons (Fsp3) is 0.467. The molecule has 0 bridgehead atoms. The van der Waals surface area contributed by atoms with Crippen LogP contribution in [-0.2, 0) is 16.0 Å². The number of nitrogens with one attached hydrogen (secondary N) is 2. The molecular weight excluding hydrogens is 288 g/mol. The topological polar surface area (TPSA) is 78.4 Å². The number of carbonyl (C=O) groups excluding carboxylic acids is 1. The van der Waals surface area contributed by atoms with Gasteiger partial charge in [0.1, 0.15) is 12.1 Å². The quantitative estimate of drug-likeness (QED) is 0.736. The Morgan fingerprint density at radius 2 is 2.24 bits per heavy atom. The Bertz CT molecular complexity index is 521. The van der Waals surface area contributed by atoms with Gasteiger partial charge in [-0.25, -0.2) is 4.79 Å². The zero-order chi connectivity index (χ0) is 15.2. The monoisotopic (exact) mass is 308 g/mol. The lowest BCUT2D eigenvalue weighted by Crippen LogP contribution is -2.48. The summed E-state index contributed by atoms with van der Waals surface area (Å²) in [5.41, 5.74) is 2.09. The second-order valence-corrected chi connectivity index (χ2v) is 6.00. The Morgan fingerprint density at radius 3 is 2.95 bits per heavy atom. The van der Waals surface area contributed by atoms with E-state index < -0.39 is 18.1 Å². The van der Waals surface area contributed by atoms with E-state index in [0.717, 1.165) is 24.1 Å². The van der Waals surface area contributed by atoms with Crippen LogP contribution >= 0.6 is 11.8 Å². The first kappa shape index (κ1) is 15.9. The molecule has 0 saturated carbocycles. The van der Waals surface area contributed by atoms with Crippen LogP contribution < -0.4 is 10.6 Å². The summed E-state index contributed by atoms with van der Waals surface area (Å²) in [4.78, 5) is 23.6. The van der Waals surface area contributed by atoms with Crippen molar-refractivity contribution < 1.29 is 14.7 Å². The molecule has 0 aliphatic carbocycles. The van der Waals surface area contributed by atoms with Gasteiger partial charge in [0.25, 0.3) is 0 Å². The highest BCUT2D eigenvalue weighted by molar-refractivity contribution is 7.98. The Balaban J connectivity index is 2.08. The molecule has 0 fully saturated rings. The van der Waals surface area contributed by atoms with Gasteiger partial charge < -0.3 is 15.7 Å². The maximum atomic E-state index is 12.4. The normalized spacial score (nSPS) is 18.6. The third kappa shape index (κ3) is 3.98. The van der Waals surface area contributed by atoms with Crippen LogP contribution in [0.25, 0.3) is 0 Å². The van der Waals surface area contributed by atoms with Crippen molar-refractivity contribution in [1.29, 1.82) is 0 Å².